The summed E-state index contributed by atoms with van der Waals surface area (Å²) in [5.41, 5.74) is 2.37. The number of nitrogens with one attached hydrogen (secondary N) is 1. The number of nitro groups is 1. The highest BCUT2D eigenvalue weighted by molar-refractivity contribution is 5.56. The van der Waals surface area contributed by atoms with Crippen LogP contribution in [-0.4, -0.2) is 4.92 Å². The van der Waals surface area contributed by atoms with Gasteiger partial charge in [-0.05, 0) is 12.1 Å². The van der Waals surface area contributed by atoms with Gasteiger partial charge in [-0.3, -0.25) is 16.0 Å². The highest BCUT2D eigenvalue weighted by atomic mass is 19.1. The molecule has 0 aliphatic heterocycles. The third-order valence-electron chi connectivity index (χ3n) is 2.33. The number of nitrogens with two attached hydrogens (primary N) is 1. The van der Waals surface area contributed by atoms with E-state index in [1.165, 1.54) is 36.4 Å². The molecule has 0 aliphatic carbocycles. The number of hydrogen-bond donors (Lipinski definition) is 2. The van der Waals surface area contributed by atoms with Crippen molar-refractivity contribution in [3.63, 3.8) is 0 Å². The minimum atomic E-state index is -0.588. The lowest BCUT2D eigenvalue weighted by atomic mass is 10.2. The van der Waals surface area contributed by atoms with Gasteiger partial charge in [0.25, 0.3) is 5.69 Å². The molecule has 7 heteroatoms. The average molecular weight is 263 g/mol. The number of rotatable bonds is 4. The van der Waals surface area contributed by atoms with E-state index in [9.17, 15) is 14.5 Å². The Morgan fingerprint density at radius 2 is 2.00 bits per heavy atom. The molecule has 0 heterocycles. The molecule has 98 valence electrons. The predicted molar refractivity (Wildman–Crippen MR) is 67.4 cm³/mol. The quantitative estimate of drug-likeness (QED) is 0.503. The van der Waals surface area contributed by atoms with Crippen molar-refractivity contribution in [3.05, 3.63) is 58.4 Å². The summed E-state index contributed by atoms with van der Waals surface area (Å²) in [4.78, 5) is 10.2. The Balaban J connectivity index is 2.37. The maximum absolute atomic E-state index is 13.4. The van der Waals surface area contributed by atoms with Crippen LogP contribution in [-0.2, 0) is 0 Å². The van der Waals surface area contributed by atoms with Crippen LogP contribution in [0.4, 0.5) is 15.8 Å². The molecule has 0 unspecified atom stereocenters. The smallest absolute Gasteiger partial charge is 0.275 e. The number of benzene rings is 2. The Morgan fingerprint density at radius 1 is 1.26 bits per heavy atom. The van der Waals surface area contributed by atoms with Crippen LogP contribution in [0.25, 0.3) is 0 Å². The summed E-state index contributed by atoms with van der Waals surface area (Å²) in [6, 6.07) is 9.62. The summed E-state index contributed by atoms with van der Waals surface area (Å²) in [7, 11) is 0. The number of hydrogen-bond acceptors (Lipinski definition) is 5. The van der Waals surface area contributed by atoms with Crippen LogP contribution in [0, 0.1) is 15.9 Å². The van der Waals surface area contributed by atoms with E-state index in [1.807, 2.05) is 0 Å². The molecule has 0 amide bonds. The maximum Gasteiger partial charge on any atom is 0.275 e. The largest absolute Gasteiger partial charge is 0.454 e. The van der Waals surface area contributed by atoms with E-state index in [-0.39, 0.29) is 17.2 Å². The number of halogens is 1. The van der Waals surface area contributed by atoms with Crippen LogP contribution in [0.5, 0.6) is 11.5 Å². The topological polar surface area (TPSA) is 90.4 Å². The highest BCUT2D eigenvalue weighted by Gasteiger charge is 2.12. The number of anilines is 1. The van der Waals surface area contributed by atoms with Crippen LogP contribution in [0.3, 0.4) is 0 Å². The van der Waals surface area contributed by atoms with Crippen molar-refractivity contribution >= 4 is 11.4 Å². The molecule has 0 spiro atoms. The molecule has 0 radical (unpaired) electrons. The first-order chi connectivity index (χ1) is 9.10. The van der Waals surface area contributed by atoms with Gasteiger partial charge in [-0.2, -0.15) is 0 Å². The summed E-state index contributed by atoms with van der Waals surface area (Å²) in [6.45, 7) is 0. The van der Waals surface area contributed by atoms with Crippen LogP contribution in [0.15, 0.2) is 42.5 Å². The number of non-ortho nitro benzene ring substituents is 1. The Bertz CT molecular complexity index is 619. The van der Waals surface area contributed by atoms with Crippen LogP contribution < -0.4 is 16.0 Å². The van der Waals surface area contributed by atoms with Gasteiger partial charge in [0.15, 0.2) is 11.6 Å². The molecule has 19 heavy (non-hydrogen) atoms. The summed E-state index contributed by atoms with van der Waals surface area (Å²) >= 11 is 0. The van der Waals surface area contributed by atoms with Gasteiger partial charge < -0.3 is 10.2 Å². The van der Waals surface area contributed by atoms with Crippen molar-refractivity contribution in [2.45, 2.75) is 0 Å². The first kappa shape index (κ1) is 12.8. The zero-order chi connectivity index (χ0) is 13.8. The standard InChI is InChI=1S/C12H10FN3O3/c13-11-3-1-2-4-12(11)19-10-6-8(15-14)5-9(7-10)16(17)18/h1-7,15H,14H2. The summed E-state index contributed by atoms with van der Waals surface area (Å²) < 4.78 is 18.7. The zero-order valence-corrected chi connectivity index (χ0v) is 9.67. The molecular weight excluding hydrogens is 253 g/mol. The fourth-order valence-corrected chi connectivity index (χ4v) is 1.49. The molecule has 3 N–H and O–H groups in total. The van der Waals surface area contributed by atoms with E-state index < -0.39 is 10.7 Å². The second-order valence-electron chi connectivity index (χ2n) is 3.65. The Kier molecular flexibility index (Phi) is 3.58. The molecule has 2 rings (SSSR count). The number of nitro benzene ring substituents is 1. The second-order valence-corrected chi connectivity index (χ2v) is 3.65. The van der Waals surface area contributed by atoms with Crippen molar-refractivity contribution in [3.8, 4) is 11.5 Å². The van der Waals surface area contributed by atoms with E-state index in [4.69, 9.17) is 10.6 Å². The van der Waals surface area contributed by atoms with Gasteiger partial charge in [0.2, 0.25) is 0 Å². The number of nitrogens with zero attached hydrogens (tertiary/aromatic N) is 1. The monoisotopic (exact) mass is 263 g/mol. The van der Waals surface area contributed by atoms with Crippen molar-refractivity contribution in [1.29, 1.82) is 0 Å². The molecular formula is C12H10FN3O3. The molecule has 0 atom stereocenters. The van der Waals surface area contributed by atoms with Gasteiger partial charge in [0.05, 0.1) is 16.7 Å². The van der Waals surface area contributed by atoms with Crippen LogP contribution >= 0.6 is 0 Å². The molecule has 0 aliphatic rings. The third kappa shape index (κ3) is 2.96. The van der Waals surface area contributed by atoms with Crippen LogP contribution in [0.2, 0.25) is 0 Å². The first-order valence-electron chi connectivity index (χ1n) is 5.28. The minimum absolute atomic E-state index is 0.0223. The number of para-hydroxylation sites is 1. The Labute approximate surface area is 107 Å². The molecule has 6 nitrogen and oxygen atoms in total. The predicted octanol–water partition coefficient (Wildman–Crippen LogP) is 2.81. The lowest BCUT2D eigenvalue weighted by Crippen LogP contribution is -2.07. The van der Waals surface area contributed by atoms with E-state index in [1.54, 1.807) is 6.07 Å². The lowest BCUT2D eigenvalue weighted by molar-refractivity contribution is -0.384. The van der Waals surface area contributed by atoms with Gasteiger partial charge in [-0.25, -0.2) is 4.39 Å². The van der Waals surface area contributed by atoms with Crippen molar-refractivity contribution in [1.82, 2.24) is 0 Å². The van der Waals surface area contributed by atoms with E-state index in [0.29, 0.717) is 5.69 Å². The van der Waals surface area contributed by atoms with E-state index >= 15 is 0 Å². The maximum atomic E-state index is 13.4. The summed E-state index contributed by atoms with van der Waals surface area (Å²) in [5.74, 6) is 4.75. The summed E-state index contributed by atoms with van der Waals surface area (Å²) in [6.07, 6.45) is 0. The number of nitrogen functional groups attached to an aromatic ring is 1. The average Bonchev–Trinajstić information content (AvgIpc) is 2.41. The molecule has 0 saturated carbocycles. The van der Waals surface area contributed by atoms with Gasteiger partial charge >= 0.3 is 0 Å². The van der Waals surface area contributed by atoms with Crippen molar-refractivity contribution < 1.29 is 14.1 Å². The molecule has 0 aromatic heterocycles. The molecule has 2 aromatic carbocycles. The number of ether oxygens (including phenoxy) is 1. The second kappa shape index (κ2) is 5.32. The van der Waals surface area contributed by atoms with Gasteiger partial charge in [0.1, 0.15) is 5.75 Å². The zero-order valence-electron chi connectivity index (χ0n) is 9.67. The number of hydrazine groups is 1. The first-order valence-corrected chi connectivity index (χ1v) is 5.28. The SMILES string of the molecule is NNc1cc(Oc2ccccc2F)cc([N+](=O)[O-])c1. The third-order valence-corrected chi connectivity index (χ3v) is 2.33. The van der Waals surface area contributed by atoms with E-state index in [2.05, 4.69) is 5.43 Å². The molecule has 0 bridgehead atoms. The minimum Gasteiger partial charge on any atom is -0.454 e. The van der Waals surface area contributed by atoms with Crippen molar-refractivity contribution in [2.75, 3.05) is 5.43 Å². The Morgan fingerprint density at radius 3 is 2.63 bits per heavy atom. The summed E-state index contributed by atoms with van der Waals surface area (Å²) in [5, 5.41) is 10.7. The lowest BCUT2D eigenvalue weighted by Gasteiger charge is -2.08. The van der Waals surface area contributed by atoms with Gasteiger partial charge in [0, 0.05) is 12.1 Å². The Hall–Kier alpha value is -2.67. The van der Waals surface area contributed by atoms with E-state index in [0.717, 1.165) is 0 Å². The van der Waals surface area contributed by atoms with Crippen molar-refractivity contribution in [2.24, 2.45) is 5.84 Å². The van der Waals surface area contributed by atoms with Gasteiger partial charge in [-0.1, -0.05) is 12.1 Å². The molecule has 0 saturated heterocycles. The molecule has 0 fully saturated rings. The fourth-order valence-electron chi connectivity index (χ4n) is 1.49. The highest BCUT2D eigenvalue weighted by Crippen LogP contribution is 2.30. The normalized spacial score (nSPS) is 10.0. The van der Waals surface area contributed by atoms with Crippen LogP contribution in [0.1, 0.15) is 0 Å². The molecule has 2 aromatic rings. The fraction of sp³-hybridized carbons (Fsp3) is 0. The van der Waals surface area contributed by atoms with Gasteiger partial charge in [-0.15, -0.1) is 0 Å².